The predicted molar refractivity (Wildman–Crippen MR) is 71.1 cm³/mol. The Hall–Kier alpha value is -2.23. The third-order valence-electron chi connectivity index (χ3n) is 2.96. The van der Waals surface area contributed by atoms with Crippen molar-refractivity contribution >= 4 is 0 Å². The molecule has 2 rings (SSSR count). The van der Waals surface area contributed by atoms with E-state index in [4.69, 9.17) is 0 Å². The first-order valence-corrected chi connectivity index (χ1v) is 6.01. The molecule has 0 spiro atoms. The fraction of sp³-hybridized carbons (Fsp3) is 0.200. The third-order valence-corrected chi connectivity index (χ3v) is 2.96. The summed E-state index contributed by atoms with van der Waals surface area (Å²) in [5, 5.41) is 11.1. The van der Waals surface area contributed by atoms with Crippen LogP contribution in [0.3, 0.4) is 0 Å². The summed E-state index contributed by atoms with van der Waals surface area (Å²) in [6, 6.07) is 17.4. The number of halogens is 1. The molecule has 0 aliphatic carbocycles. The van der Waals surface area contributed by atoms with Gasteiger partial charge >= 0.3 is 5.79 Å². The van der Waals surface area contributed by atoms with Crippen molar-refractivity contribution in [2.24, 2.45) is 0 Å². The predicted octanol–water partition coefficient (Wildman–Crippen LogP) is 3.41. The van der Waals surface area contributed by atoms with E-state index in [1.807, 2.05) is 0 Å². The van der Waals surface area contributed by atoms with Crippen molar-refractivity contribution in [1.29, 1.82) is 0 Å². The van der Waals surface area contributed by atoms with E-state index in [1.165, 1.54) is 0 Å². The summed E-state index contributed by atoms with van der Waals surface area (Å²) >= 11 is 0. The van der Waals surface area contributed by atoms with Crippen LogP contribution in [0.4, 0.5) is 4.39 Å². The third kappa shape index (κ3) is 3.37. The van der Waals surface area contributed by atoms with Gasteiger partial charge < -0.3 is 0 Å². The van der Waals surface area contributed by atoms with Crippen molar-refractivity contribution in [2.75, 3.05) is 0 Å². The second-order valence-electron chi connectivity index (χ2n) is 4.50. The first kappa shape index (κ1) is 13.2. The van der Waals surface area contributed by atoms with E-state index in [9.17, 15) is 14.5 Å². The molecule has 0 bridgehead atoms. The Balaban J connectivity index is 2.21. The topological polar surface area (TPSA) is 43.1 Å². The highest BCUT2D eigenvalue weighted by atomic mass is 19.1. The summed E-state index contributed by atoms with van der Waals surface area (Å²) in [5.41, 5.74) is 1.25. The SMILES string of the molecule is O=[N+]([O-])C(F)(Cc1ccccc1)Cc1ccccc1. The fourth-order valence-corrected chi connectivity index (χ4v) is 2.01. The van der Waals surface area contributed by atoms with Crippen molar-refractivity contribution < 1.29 is 9.31 Å². The Kier molecular flexibility index (Phi) is 3.90. The Morgan fingerprint density at radius 2 is 1.26 bits per heavy atom. The molecule has 0 atom stereocenters. The molecule has 2 aromatic rings. The molecule has 0 aliphatic heterocycles. The van der Waals surface area contributed by atoms with Crippen LogP contribution in [0.2, 0.25) is 0 Å². The van der Waals surface area contributed by atoms with Crippen molar-refractivity contribution in [3.05, 3.63) is 81.9 Å². The lowest BCUT2D eigenvalue weighted by molar-refractivity contribution is -0.605. The summed E-state index contributed by atoms with van der Waals surface area (Å²) in [7, 11) is 0. The maximum Gasteiger partial charge on any atom is 0.366 e. The monoisotopic (exact) mass is 259 g/mol. The van der Waals surface area contributed by atoms with Crippen molar-refractivity contribution in [2.45, 2.75) is 18.6 Å². The maximum atomic E-state index is 14.6. The van der Waals surface area contributed by atoms with E-state index < -0.39 is 10.7 Å². The molecule has 2 aromatic carbocycles. The Bertz CT molecular complexity index is 501. The largest absolute Gasteiger partial charge is 0.366 e. The minimum absolute atomic E-state index is 0.226. The second kappa shape index (κ2) is 5.61. The van der Waals surface area contributed by atoms with Gasteiger partial charge in [0.15, 0.2) is 0 Å². The zero-order valence-corrected chi connectivity index (χ0v) is 10.3. The zero-order valence-electron chi connectivity index (χ0n) is 10.3. The summed E-state index contributed by atoms with van der Waals surface area (Å²) in [6.07, 6.45) is -0.453. The van der Waals surface area contributed by atoms with Gasteiger partial charge in [0.05, 0.1) is 17.8 Å². The highest BCUT2D eigenvalue weighted by Gasteiger charge is 2.43. The van der Waals surface area contributed by atoms with Gasteiger partial charge in [-0.1, -0.05) is 60.7 Å². The van der Waals surface area contributed by atoms with Gasteiger partial charge in [0.25, 0.3) is 0 Å². The van der Waals surface area contributed by atoms with E-state index >= 15 is 0 Å². The molecule has 19 heavy (non-hydrogen) atoms. The molecule has 0 fully saturated rings. The van der Waals surface area contributed by atoms with Gasteiger partial charge in [-0.2, -0.15) is 4.39 Å². The summed E-state index contributed by atoms with van der Waals surface area (Å²) in [5.74, 6) is -2.47. The molecule has 0 unspecified atom stereocenters. The van der Waals surface area contributed by atoms with Gasteiger partial charge in [-0.3, -0.25) is 10.1 Å². The quantitative estimate of drug-likeness (QED) is 0.469. The van der Waals surface area contributed by atoms with Crippen LogP contribution in [0.1, 0.15) is 11.1 Å². The van der Waals surface area contributed by atoms with Gasteiger partial charge in [0, 0.05) is 0 Å². The van der Waals surface area contributed by atoms with Crippen LogP contribution in [-0.2, 0) is 12.8 Å². The molecule has 0 radical (unpaired) electrons. The normalized spacial score (nSPS) is 11.2. The molecule has 0 N–H and O–H groups in total. The van der Waals surface area contributed by atoms with E-state index in [2.05, 4.69) is 0 Å². The second-order valence-corrected chi connectivity index (χ2v) is 4.50. The van der Waals surface area contributed by atoms with Gasteiger partial charge in [-0.05, 0) is 11.1 Å². The van der Waals surface area contributed by atoms with Crippen molar-refractivity contribution in [3.8, 4) is 0 Å². The van der Waals surface area contributed by atoms with Crippen molar-refractivity contribution in [1.82, 2.24) is 0 Å². The number of nitro groups is 1. The highest BCUT2D eigenvalue weighted by Crippen LogP contribution is 2.24. The lowest BCUT2D eigenvalue weighted by Crippen LogP contribution is -2.38. The Morgan fingerprint density at radius 3 is 1.58 bits per heavy atom. The Labute approximate surface area is 110 Å². The average Bonchev–Trinajstić information content (AvgIpc) is 2.40. The van der Waals surface area contributed by atoms with Gasteiger partial charge in [0.2, 0.25) is 0 Å². The first-order chi connectivity index (χ1) is 9.10. The zero-order chi connectivity index (χ0) is 13.7. The average molecular weight is 259 g/mol. The van der Waals surface area contributed by atoms with Crippen LogP contribution in [0.25, 0.3) is 0 Å². The molecule has 3 nitrogen and oxygen atoms in total. The number of nitrogens with zero attached hydrogens (tertiary/aromatic N) is 1. The molecular weight excluding hydrogens is 245 g/mol. The molecule has 0 heterocycles. The van der Waals surface area contributed by atoms with E-state index in [0.29, 0.717) is 11.1 Å². The number of rotatable bonds is 5. The van der Waals surface area contributed by atoms with Crippen molar-refractivity contribution in [3.63, 3.8) is 0 Å². The first-order valence-electron chi connectivity index (χ1n) is 6.01. The summed E-state index contributed by atoms with van der Waals surface area (Å²) < 4.78 is 14.6. The lowest BCUT2D eigenvalue weighted by atomic mass is 9.97. The standard InChI is InChI=1S/C15H14FNO2/c16-15(17(18)19,11-13-7-3-1-4-8-13)12-14-9-5-2-6-10-14/h1-10H,11-12H2. The summed E-state index contributed by atoms with van der Waals surface area (Å²) in [4.78, 5) is 10.2. The minimum Gasteiger partial charge on any atom is -0.261 e. The smallest absolute Gasteiger partial charge is 0.261 e. The van der Waals surface area contributed by atoms with Gasteiger partial charge in [-0.15, -0.1) is 0 Å². The number of alkyl halides is 1. The molecule has 0 aromatic heterocycles. The summed E-state index contributed by atoms with van der Waals surface area (Å²) in [6.45, 7) is 0. The van der Waals surface area contributed by atoms with Crippen LogP contribution in [0.5, 0.6) is 0 Å². The number of hydrogen-bond donors (Lipinski definition) is 0. The van der Waals surface area contributed by atoms with Crippen LogP contribution in [0, 0.1) is 10.1 Å². The molecule has 4 heteroatoms. The van der Waals surface area contributed by atoms with E-state index in [-0.39, 0.29) is 12.8 Å². The van der Waals surface area contributed by atoms with Crippen LogP contribution in [-0.4, -0.2) is 10.7 Å². The molecule has 0 saturated carbocycles. The number of benzene rings is 2. The molecule has 0 aliphatic rings. The van der Waals surface area contributed by atoms with Crippen LogP contribution < -0.4 is 0 Å². The van der Waals surface area contributed by atoms with Gasteiger partial charge in [-0.25, -0.2) is 0 Å². The molecular formula is C15H14FNO2. The number of hydrogen-bond acceptors (Lipinski definition) is 2. The molecule has 0 amide bonds. The van der Waals surface area contributed by atoms with Crippen LogP contribution >= 0.6 is 0 Å². The van der Waals surface area contributed by atoms with E-state index in [1.54, 1.807) is 60.7 Å². The molecule has 0 saturated heterocycles. The van der Waals surface area contributed by atoms with E-state index in [0.717, 1.165) is 0 Å². The lowest BCUT2D eigenvalue weighted by Gasteiger charge is -2.17. The molecule has 98 valence electrons. The highest BCUT2D eigenvalue weighted by molar-refractivity contribution is 5.20. The van der Waals surface area contributed by atoms with Crippen LogP contribution in [0.15, 0.2) is 60.7 Å². The maximum absolute atomic E-state index is 14.6. The van der Waals surface area contributed by atoms with Gasteiger partial charge in [0.1, 0.15) is 0 Å². The fourth-order valence-electron chi connectivity index (χ4n) is 2.01. The minimum atomic E-state index is -2.47. The Morgan fingerprint density at radius 1 is 0.895 bits per heavy atom.